The minimum absolute atomic E-state index is 0.853. The van der Waals surface area contributed by atoms with E-state index in [0.29, 0.717) is 0 Å². The van der Waals surface area contributed by atoms with Gasteiger partial charge in [-0.05, 0) is 42.6 Å². The maximum atomic E-state index is 4.65. The predicted molar refractivity (Wildman–Crippen MR) is 85.3 cm³/mol. The zero-order valence-corrected chi connectivity index (χ0v) is 12.7. The van der Waals surface area contributed by atoms with Gasteiger partial charge in [0.1, 0.15) is 0 Å². The molecule has 4 heteroatoms. The van der Waals surface area contributed by atoms with Crippen LogP contribution in [0.3, 0.4) is 0 Å². The van der Waals surface area contributed by atoms with Crippen molar-refractivity contribution in [2.24, 2.45) is 0 Å². The second kappa shape index (κ2) is 5.77. The van der Waals surface area contributed by atoms with Gasteiger partial charge in [0, 0.05) is 23.6 Å². The molecule has 1 N–H and O–H groups in total. The summed E-state index contributed by atoms with van der Waals surface area (Å²) in [5.74, 6) is 0. The van der Waals surface area contributed by atoms with Crippen molar-refractivity contribution in [1.29, 1.82) is 0 Å². The molecule has 0 fully saturated rings. The van der Waals surface area contributed by atoms with Crippen LogP contribution < -0.4 is 5.32 Å². The lowest BCUT2D eigenvalue weighted by Gasteiger charge is -2.05. The Morgan fingerprint density at radius 2 is 2.20 bits per heavy atom. The third-order valence-electron chi connectivity index (χ3n) is 3.45. The van der Waals surface area contributed by atoms with E-state index in [4.69, 9.17) is 0 Å². The summed E-state index contributed by atoms with van der Waals surface area (Å²) in [6.07, 6.45) is 3.17. The minimum Gasteiger partial charge on any atom is -0.341 e. The lowest BCUT2D eigenvalue weighted by Crippen LogP contribution is -2.04. The van der Waals surface area contributed by atoms with Crippen molar-refractivity contribution >= 4 is 22.2 Å². The van der Waals surface area contributed by atoms with Crippen LogP contribution in [0.4, 0.5) is 0 Å². The normalized spacial score (nSPS) is 11.3. The summed E-state index contributed by atoms with van der Waals surface area (Å²) in [6, 6.07) is 8.82. The van der Waals surface area contributed by atoms with E-state index in [1.54, 1.807) is 11.3 Å². The Morgan fingerprint density at radius 3 is 2.95 bits per heavy atom. The van der Waals surface area contributed by atoms with E-state index < -0.39 is 0 Å². The maximum Gasteiger partial charge on any atom is 0.0926 e. The highest BCUT2D eigenvalue weighted by Gasteiger charge is 2.05. The Bertz CT molecular complexity index is 711. The molecule has 0 aliphatic heterocycles. The second-order valence-corrected chi connectivity index (χ2v) is 5.90. The second-order valence-electron chi connectivity index (χ2n) is 4.95. The van der Waals surface area contributed by atoms with E-state index in [2.05, 4.69) is 57.6 Å². The predicted octanol–water partition coefficient (Wildman–Crippen LogP) is 3.43. The van der Waals surface area contributed by atoms with Gasteiger partial charge in [0.2, 0.25) is 0 Å². The SMILES string of the molecule is CCc1nc(Cn2ccc3cc(CNC)ccc32)cs1. The van der Waals surface area contributed by atoms with Crippen molar-refractivity contribution in [2.45, 2.75) is 26.4 Å². The topological polar surface area (TPSA) is 29.9 Å². The van der Waals surface area contributed by atoms with Crippen LogP contribution in [-0.2, 0) is 19.5 Å². The van der Waals surface area contributed by atoms with E-state index in [0.717, 1.165) is 25.2 Å². The Balaban J connectivity index is 1.88. The molecule has 0 unspecified atom stereocenters. The number of aromatic nitrogens is 2. The van der Waals surface area contributed by atoms with Crippen LogP contribution in [0.2, 0.25) is 0 Å². The highest BCUT2D eigenvalue weighted by atomic mass is 32.1. The van der Waals surface area contributed by atoms with Crippen molar-refractivity contribution in [3.63, 3.8) is 0 Å². The van der Waals surface area contributed by atoms with E-state index >= 15 is 0 Å². The molecule has 3 nitrogen and oxygen atoms in total. The van der Waals surface area contributed by atoms with Crippen LogP contribution in [-0.4, -0.2) is 16.6 Å². The molecule has 104 valence electrons. The summed E-state index contributed by atoms with van der Waals surface area (Å²) in [5.41, 5.74) is 3.75. The summed E-state index contributed by atoms with van der Waals surface area (Å²) >= 11 is 1.75. The zero-order chi connectivity index (χ0) is 13.9. The van der Waals surface area contributed by atoms with Gasteiger partial charge in [-0.25, -0.2) is 4.98 Å². The van der Waals surface area contributed by atoms with Crippen LogP contribution in [0.5, 0.6) is 0 Å². The molecule has 3 rings (SSSR count). The number of aryl methyl sites for hydroxylation is 1. The number of nitrogens with one attached hydrogen (secondary N) is 1. The fourth-order valence-corrected chi connectivity index (χ4v) is 3.20. The molecule has 0 aliphatic rings. The average Bonchev–Trinajstić information content (AvgIpc) is 3.07. The van der Waals surface area contributed by atoms with E-state index in [1.807, 2.05) is 7.05 Å². The Morgan fingerprint density at radius 1 is 1.30 bits per heavy atom. The van der Waals surface area contributed by atoms with Crippen molar-refractivity contribution < 1.29 is 0 Å². The third-order valence-corrected chi connectivity index (χ3v) is 4.49. The fraction of sp³-hybridized carbons (Fsp3) is 0.312. The molecule has 2 aromatic heterocycles. The van der Waals surface area contributed by atoms with Gasteiger partial charge in [-0.15, -0.1) is 11.3 Å². The first-order valence-electron chi connectivity index (χ1n) is 6.96. The number of rotatable bonds is 5. The number of fused-ring (bicyclic) bond motifs is 1. The third kappa shape index (κ3) is 2.62. The molecule has 0 spiro atoms. The molecule has 0 radical (unpaired) electrons. The molecule has 0 amide bonds. The number of thiazole rings is 1. The van der Waals surface area contributed by atoms with Gasteiger partial charge in [0.05, 0.1) is 17.2 Å². The molecule has 0 atom stereocenters. The number of hydrogen-bond donors (Lipinski definition) is 1. The standard InChI is InChI=1S/C16H19N3S/c1-3-16-18-14(11-20-16)10-19-7-6-13-8-12(9-17-2)4-5-15(13)19/h4-8,11,17H,3,9-10H2,1-2H3. The molecular formula is C16H19N3S. The summed E-state index contributed by atoms with van der Waals surface area (Å²) in [6.45, 7) is 3.91. The quantitative estimate of drug-likeness (QED) is 0.778. The molecule has 1 aromatic carbocycles. The van der Waals surface area contributed by atoms with Crippen LogP contribution in [0.25, 0.3) is 10.9 Å². The van der Waals surface area contributed by atoms with E-state index in [1.165, 1.54) is 21.5 Å². The maximum absolute atomic E-state index is 4.65. The van der Waals surface area contributed by atoms with Crippen molar-refractivity contribution in [3.8, 4) is 0 Å². The van der Waals surface area contributed by atoms with Crippen LogP contribution in [0, 0.1) is 0 Å². The Kier molecular flexibility index (Phi) is 3.85. The summed E-state index contributed by atoms with van der Waals surface area (Å²) in [7, 11) is 1.98. The van der Waals surface area contributed by atoms with Crippen LogP contribution in [0.1, 0.15) is 23.2 Å². The Hall–Kier alpha value is -1.65. The highest BCUT2D eigenvalue weighted by Crippen LogP contribution is 2.20. The minimum atomic E-state index is 0.853. The van der Waals surface area contributed by atoms with Gasteiger partial charge in [0.15, 0.2) is 0 Å². The summed E-state index contributed by atoms with van der Waals surface area (Å²) in [4.78, 5) is 4.65. The highest BCUT2D eigenvalue weighted by molar-refractivity contribution is 7.09. The van der Waals surface area contributed by atoms with Gasteiger partial charge >= 0.3 is 0 Å². The molecule has 0 saturated carbocycles. The summed E-state index contributed by atoms with van der Waals surface area (Å²) in [5, 5.41) is 7.87. The number of nitrogens with zero attached hydrogens (tertiary/aromatic N) is 2. The zero-order valence-electron chi connectivity index (χ0n) is 11.9. The summed E-state index contributed by atoms with van der Waals surface area (Å²) < 4.78 is 2.27. The van der Waals surface area contributed by atoms with Crippen LogP contribution in [0.15, 0.2) is 35.8 Å². The van der Waals surface area contributed by atoms with Crippen LogP contribution >= 0.6 is 11.3 Å². The molecule has 0 saturated heterocycles. The lowest BCUT2D eigenvalue weighted by molar-refractivity contribution is 0.806. The van der Waals surface area contributed by atoms with Gasteiger partial charge in [-0.1, -0.05) is 13.0 Å². The monoisotopic (exact) mass is 285 g/mol. The molecule has 2 heterocycles. The lowest BCUT2D eigenvalue weighted by atomic mass is 10.1. The number of hydrogen-bond acceptors (Lipinski definition) is 3. The first-order chi connectivity index (χ1) is 9.80. The average molecular weight is 285 g/mol. The van der Waals surface area contributed by atoms with Gasteiger partial charge in [-0.3, -0.25) is 0 Å². The molecule has 0 aliphatic carbocycles. The molecule has 3 aromatic rings. The van der Waals surface area contributed by atoms with E-state index in [-0.39, 0.29) is 0 Å². The van der Waals surface area contributed by atoms with Gasteiger partial charge in [0.25, 0.3) is 0 Å². The van der Waals surface area contributed by atoms with Gasteiger partial charge < -0.3 is 9.88 Å². The smallest absolute Gasteiger partial charge is 0.0926 e. The van der Waals surface area contributed by atoms with Gasteiger partial charge in [-0.2, -0.15) is 0 Å². The van der Waals surface area contributed by atoms with Crippen molar-refractivity contribution in [3.05, 3.63) is 52.1 Å². The molecule has 20 heavy (non-hydrogen) atoms. The first-order valence-corrected chi connectivity index (χ1v) is 7.83. The van der Waals surface area contributed by atoms with Crippen molar-refractivity contribution in [1.82, 2.24) is 14.9 Å². The first kappa shape index (κ1) is 13.3. The molecule has 0 bridgehead atoms. The largest absolute Gasteiger partial charge is 0.341 e. The number of benzene rings is 1. The van der Waals surface area contributed by atoms with Crippen molar-refractivity contribution in [2.75, 3.05) is 7.05 Å². The molecular weight excluding hydrogens is 266 g/mol. The Labute approximate surface area is 123 Å². The fourth-order valence-electron chi connectivity index (χ4n) is 2.46. The van der Waals surface area contributed by atoms with E-state index in [9.17, 15) is 0 Å².